The first-order valence-corrected chi connectivity index (χ1v) is 12.8. The van der Waals surface area contributed by atoms with Crippen molar-refractivity contribution >= 4 is 45.0 Å². The molecule has 0 saturated heterocycles. The number of carbonyl (C=O) groups excluding carboxylic acids is 1. The molecule has 0 unspecified atom stereocenters. The van der Waals surface area contributed by atoms with Crippen molar-refractivity contribution in [2.24, 2.45) is 0 Å². The van der Waals surface area contributed by atoms with E-state index in [1.807, 2.05) is 19.9 Å². The van der Waals surface area contributed by atoms with Crippen LogP contribution in [0, 0.1) is 19.7 Å². The van der Waals surface area contributed by atoms with Gasteiger partial charge in [0.25, 0.3) is 0 Å². The predicted octanol–water partition coefficient (Wildman–Crippen LogP) is 4.30. The third-order valence-corrected chi connectivity index (χ3v) is 7.27. The highest BCUT2D eigenvalue weighted by Crippen LogP contribution is 2.25. The number of aryl methyl sites for hydroxylation is 2. The molecule has 0 aliphatic rings. The van der Waals surface area contributed by atoms with Gasteiger partial charge < -0.3 is 5.32 Å². The summed E-state index contributed by atoms with van der Waals surface area (Å²) in [6.45, 7) is 5.71. The van der Waals surface area contributed by atoms with Crippen molar-refractivity contribution < 1.29 is 17.6 Å². The number of thioether (sulfide) groups is 1. The summed E-state index contributed by atoms with van der Waals surface area (Å²) in [6, 6.07) is 8.92. The van der Waals surface area contributed by atoms with Gasteiger partial charge >= 0.3 is 0 Å². The van der Waals surface area contributed by atoms with E-state index in [0.29, 0.717) is 34.3 Å². The van der Waals surface area contributed by atoms with Crippen molar-refractivity contribution in [2.45, 2.75) is 32.6 Å². The van der Waals surface area contributed by atoms with Crippen LogP contribution in [0.25, 0.3) is 0 Å². The number of hydrogen-bond acceptors (Lipinski definition) is 4. The van der Waals surface area contributed by atoms with Crippen LogP contribution in [0.2, 0.25) is 5.02 Å². The normalized spacial score (nSPS) is 12.5. The number of amides is 1. The molecule has 2 aromatic carbocycles. The summed E-state index contributed by atoms with van der Waals surface area (Å²) in [7, 11) is -3.66. The Morgan fingerprint density at radius 3 is 2.53 bits per heavy atom. The third kappa shape index (κ3) is 6.36. The van der Waals surface area contributed by atoms with Crippen LogP contribution in [-0.2, 0) is 20.6 Å². The molecule has 1 atom stereocenters. The molecular formula is C21H26ClFN2O3S2. The molecule has 0 aliphatic carbocycles. The zero-order valence-electron chi connectivity index (χ0n) is 17.4. The minimum atomic E-state index is -3.66. The molecule has 0 spiro atoms. The van der Waals surface area contributed by atoms with Crippen LogP contribution in [0.1, 0.15) is 23.6 Å². The van der Waals surface area contributed by atoms with Crippen LogP contribution in [-0.4, -0.2) is 38.9 Å². The molecule has 1 N–H and O–H groups in total. The summed E-state index contributed by atoms with van der Waals surface area (Å²) in [5, 5.41) is 3.13. The summed E-state index contributed by atoms with van der Waals surface area (Å²) >= 11 is 7.44. The SMILES string of the molecule is Cc1ccc(N([C@@H](C)C(=O)NCCSCc2c(F)cccc2Cl)S(C)(=O)=O)cc1C. The number of halogens is 2. The summed E-state index contributed by atoms with van der Waals surface area (Å²) < 4.78 is 39.6. The lowest BCUT2D eigenvalue weighted by Crippen LogP contribution is -2.48. The first-order chi connectivity index (χ1) is 14.0. The molecular weight excluding hydrogens is 447 g/mol. The quantitative estimate of drug-likeness (QED) is 0.552. The standard InChI is InChI=1S/C21H26ClFN2O3S2/c1-14-8-9-17(12-15(14)2)25(30(4,27)28)16(3)21(26)24-10-11-29-13-18-19(22)6-5-7-20(18)23/h5-9,12,16H,10-11,13H2,1-4H3,(H,24,26)/t16-/m0/s1. The molecule has 0 saturated carbocycles. The number of rotatable bonds is 9. The van der Waals surface area contributed by atoms with E-state index < -0.39 is 22.0 Å². The molecule has 30 heavy (non-hydrogen) atoms. The van der Waals surface area contributed by atoms with Gasteiger partial charge in [0.15, 0.2) is 0 Å². The number of sulfonamides is 1. The van der Waals surface area contributed by atoms with Gasteiger partial charge in [0.2, 0.25) is 15.9 Å². The Balaban J connectivity index is 1.96. The van der Waals surface area contributed by atoms with Crippen LogP contribution >= 0.6 is 23.4 Å². The minimum Gasteiger partial charge on any atom is -0.353 e. The molecule has 0 aliphatic heterocycles. The molecule has 0 heterocycles. The van der Waals surface area contributed by atoms with Gasteiger partial charge in [-0.1, -0.05) is 23.7 Å². The molecule has 0 fully saturated rings. The number of hydrogen-bond donors (Lipinski definition) is 1. The zero-order valence-corrected chi connectivity index (χ0v) is 19.8. The average Bonchev–Trinajstić information content (AvgIpc) is 2.65. The molecule has 0 aromatic heterocycles. The number of nitrogens with one attached hydrogen (secondary N) is 1. The van der Waals surface area contributed by atoms with Gasteiger partial charge in [0.05, 0.1) is 11.9 Å². The monoisotopic (exact) mass is 472 g/mol. The van der Waals surface area contributed by atoms with Crippen LogP contribution in [0.15, 0.2) is 36.4 Å². The van der Waals surface area contributed by atoms with Crippen molar-refractivity contribution in [3.05, 3.63) is 63.9 Å². The summed E-state index contributed by atoms with van der Waals surface area (Å²) in [4.78, 5) is 12.6. The summed E-state index contributed by atoms with van der Waals surface area (Å²) in [5.41, 5.74) is 2.86. The minimum absolute atomic E-state index is 0.324. The highest BCUT2D eigenvalue weighted by molar-refractivity contribution is 7.98. The summed E-state index contributed by atoms with van der Waals surface area (Å²) in [6.07, 6.45) is 1.08. The molecule has 9 heteroatoms. The third-order valence-electron chi connectivity index (χ3n) is 4.69. The van der Waals surface area contributed by atoms with Gasteiger partial charge in [-0.3, -0.25) is 9.10 Å². The molecule has 2 aromatic rings. The Morgan fingerprint density at radius 2 is 1.93 bits per heavy atom. The van der Waals surface area contributed by atoms with Crippen LogP contribution < -0.4 is 9.62 Å². The van der Waals surface area contributed by atoms with Gasteiger partial charge in [-0.25, -0.2) is 12.8 Å². The van der Waals surface area contributed by atoms with Crippen molar-refractivity contribution in [1.29, 1.82) is 0 Å². The van der Waals surface area contributed by atoms with Crippen molar-refractivity contribution in [3.63, 3.8) is 0 Å². The van der Waals surface area contributed by atoms with E-state index in [2.05, 4.69) is 5.32 Å². The van der Waals surface area contributed by atoms with Gasteiger partial charge in [0, 0.05) is 28.6 Å². The molecule has 0 radical (unpaired) electrons. The van der Waals surface area contributed by atoms with E-state index in [1.54, 1.807) is 31.2 Å². The number of benzene rings is 2. The first-order valence-electron chi connectivity index (χ1n) is 9.37. The smallest absolute Gasteiger partial charge is 0.243 e. The van der Waals surface area contributed by atoms with E-state index in [4.69, 9.17) is 11.6 Å². The van der Waals surface area contributed by atoms with E-state index >= 15 is 0 Å². The van der Waals surface area contributed by atoms with Gasteiger partial charge in [-0.2, -0.15) is 11.8 Å². The van der Waals surface area contributed by atoms with E-state index in [9.17, 15) is 17.6 Å². The maximum Gasteiger partial charge on any atom is 0.243 e. The first kappa shape index (κ1) is 24.5. The number of anilines is 1. The summed E-state index contributed by atoms with van der Waals surface area (Å²) in [5.74, 6) is 0.161. The molecule has 0 bridgehead atoms. The maximum absolute atomic E-state index is 13.8. The lowest BCUT2D eigenvalue weighted by molar-refractivity contribution is -0.121. The maximum atomic E-state index is 13.8. The fourth-order valence-electron chi connectivity index (χ4n) is 2.91. The van der Waals surface area contributed by atoms with E-state index in [-0.39, 0.29) is 5.82 Å². The highest BCUT2D eigenvalue weighted by atomic mass is 35.5. The number of carbonyl (C=O) groups is 1. The highest BCUT2D eigenvalue weighted by Gasteiger charge is 2.29. The Kier molecular flexibility index (Phi) is 8.58. The van der Waals surface area contributed by atoms with Crippen molar-refractivity contribution in [1.82, 2.24) is 5.32 Å². The van der Waals surface area contributed by atoms with Crippen LogP contribution in [0.5, 0.6) is 0 Å². The Morgan fingerprint density at radius 1 is 1.23 bits per heavy atom. The van der Waals surface area contributed by atoms with E-state index in [1.165, 1.54) is 17.8 Å². The Hall–Kier alpha value is -1.77. The van der Waals surface area contributed by atoms with Crippen molar-refractivity contribution in [2.75, 3.05) is 22.9 Å². The molecule has 2 rings (SSSR count). The van der Waals surface area contributed by atoms with Gasteiger partial charge in [-0.05, 0) is 56.2 Å². The topological polar surface area (TPSA) is 66.5 Å². The van der Waals surface area contributed by atoms with Gasteiger partial charge in [-0.15, -0.1) is 0 Å². The van der Waals surface area contributed by atoms with Crippen LogP contribution in [0.3, 0.4) is 0 Å². The number of nitrogens with zero attached hydrogens (tertiary/aromatic N) is 1. The second kappa shape index (κ2) is 10.5. The molecule has 1 amide bonds. The van der Waals surface area contributed by atoms with Crippen molar-refractivity contribution in [3.8, 4) is 0 Å². The Labute approximate surface area is 187 Å². The second-order valence-electron chi connectivity index (χ2n) is 7.05. The van der Waals surface area contributed by atoms with E-state index in [0.717, 1.165) is 21.7 Å². The fraction of sp³-hybridized carbons (Fsp3) is 0.381. The Bertz CT molecular complexity index is 995. The predicted molar refractivity (Wildman–Crippen MR) is 123 cm³/mol. The molecule has 164 valence electrons. The van der Waals surface area contributed by atoms with Crippen LogP contribution in [0.4, 0.5) is 10.1 Å². The zero-order chi connectivity index (χ0) is 22.5. The lowest BCUT2D eigenvalue weighted by atomic mass is 10.1. The average molecular weight is 473 g/mol. The van der Waals surface area contributed by atoms with Gasteiger partial charge in [0.1, 0.15) is 11.9 Å². The lowest BCUT2D eigenvalue weighted by Gasteiger charge is -2.28. The second-order valence-corrected chi connectivity index (χ2v) is 10.4. The fourth-order valence-corrected chi connectivity index (χ4v) is 5.27. The molecule has 5 nitrogen and oxygen atoms in total. The largest absolute Gasteiger partial charge is 0.353 e.